The van der Waals surface area contributed by atoms with Crippen molar-refractivity contribution in [2.75, 3.05) is 4.72 Å². The van der Waals surface area contributed by atoms with Crippen LogP contribution in [0.25, 0.3) is 0 Å². The molecule has 3 aromatic rings. The Balaban J connectivity index is 1.79. The molecule has 6 nitrogen and oxygen atoms in total. The van der Waals surface area contributed by atoms with Crippen LogP contribution in [0.3, 0.4) is 0 Å². The molecule has 0 spiro atoms. The van der Waals surface area contributed by atoms with E-state index >= 15 is 0 Å². The summed E-state index contributed by atoms with van der Waals surface area (Å²) in [6.07, 6.45) is 1.62. The molecule has 8 heteroatoms. The molecular weight excluding hydrogens is 381 g/mol. The minimum atomic E-state index is -4.05. The number of pyridine rings is 1. The van der Waals surface area contributed by atoms with E-state index in [0.717, 1.165) is 6.07 Å². The van der Waals surface area contributed by atoms with Gasteiger partial charge >= 0.3 is 0 Å². The maximum Gasteiger partial charge on any atom is 0.262 e. The van der Waals surface area contributed by atoms with Crippen LogP contribution in [0.5, 0.6) is 0 Å². The summed E-state index contributed by atoms with van der Waals surface area (Å²) < 4.78 is 41.0. The van der Waals surface area contributed by atoms with Crippen LogP contribution in [0.2, 0.25) is 0 Å². The highest BCUT2D eigenvalue weighted by Gasteiger charge is 2.19. The number of carbonyl (C=O) groups is 1. The Hall–Kier alpha value is -3.26. The van der Waals surface area contributed by atoms with Crippen molar-refractivity contribution < 1.29 is 17.6 Å². The van der Waals surface area contributed by atoms with Gasteiger partial charge in [-0.3, -0.25) is 14.5 Å². The summed E-state index contributed by atoms with van der Waals surface area (Å²) in [5, 5.41) is 2.77. The van der Waals surface area contributed by atoms with Gasteiger partial charge in [0.25, 0.3) is 15.9 Å². The number of hydrogen-bond acceptors (Lipinski definition) is 4. The molecule has 0 radical (unpaired) electrons. The molecule has 0 unspecified atom stereocenters. The van der Waals surface area contributed by atoms with Gasteiger partial charge in [0.05, 0.1) is 22.3 Å². The van der Waals surface area contributed by atoms with Crippen molar-refractivity contribution in [3.05, 3.63) is 90.0 Å². The molecule has 0 saturated carbocycles. The predicted octanol–water partition coefficient (Wildman–Crippen LogP) is 3.51. The SMILES string of the molecule is C[C@H](NC(=O)c1cccc(S(=O)(=O)Nc2ccccc2F)c1)c1ccccn1. The van der Waals surface area contributed by atoms with E-state index in [2.05, 4.69) is 15.0 Å². The molecule has 2 N–H and O–H groups in total. The van der Waals surface area contributed by atoms with Crippen molar-refractivity contribution in [3.8, 4) is 0 Å². The second kappa shape index (κ2) is 8.18. The third-order valence-electron chi connectivity index (χ3n) is 4.00. The Labute approximate surface area is 162 Å². The van der Waals surface area contributed by atoms with E-state index in [4.69, 9.17) is 0 Å². The van der Waals surface area contributed by atoms with Crippen LogP contribution in [0.15, 0.2) is 77.8 Å². The summed E-state index contributed by atoms with van der Waals surface area (Å²) in [5.74, 6) is -1.13. The van der Waals surface area contributed by atoms with Crippen LogP contribution in [0.4, 0.5) is 10.1 Å². The van der Waals surface area contributed by atoms with Gasteiger partial charge < -0.3 is 5.32 Å². The van der Waals surface area contributed by atoms with Crippen molar-refractivity contribution in [2.45, 2.75) is 17.9 Å². The molecule has 1 aromatic heterocycles. The second-order valence-corrected chi connectivity index (χ2v) is 7.75. The number of sulfonamides is 1. The molecule has 0 aliphatic carbocycles. The second-order valence-electron chi connectivity index (χ2n) is 6.06. The number of carbonyl (C=O) groups excluding carboxylic acids is 1. The molecule has 144 valence electrons. The smallest absolute Gasteiger partial charge is 0.262 e. The quantitative estimate of drug-likeness (QED) is 0.664. The molecule has 2 aromatic carbocycles. The van der Waals surface area contributed by atoms with E-state index in [1.165, 1.54) is 42.5 Å². The first-order chi connectivity index (χ1) is 13.4. The number of anilines is 1. The summed E-state index contributed by atoms with van der Waals surface area (Å²) in [5.41, 5.74) is 0.682. The molecule has 1 heterocycles. The third-order valence-corrected chi connectivity index (χ3v) is 5.37. The van der Waals surface area contributed by atoms with Crippen LogP contribution in [-0.4, -0.2) is 19.3 Å². The normalized spacial score (nSPS) is 12.2. The Morgan fingerprint density at radius 1 is 1.04 bits per heavy atom. The number of para-hydroxylation sites is 1. The fourth-order valence-corrected chi connectivity index (χ4v) is 3.65. The van der Waals surface area contributed by atoms with Crippen molar-refractivity contribution in [3.63, 3.8) is 0 Å². The highest BCUT2D eigenvalue weighted by Crippen LogP contribution is 2.20. The molecule has 0 bridgehead atoms. The van der Waals surface area contributed by atoms with Gasteiger partial charge in [0, 0.05) is 11.8 Å². The van der Waals surface area contributed by atoms with Crippen molar-refractivity contribution >= 4 is 21.6 Å². The Morgan fingerprint density at radius 2 is 1.79 bits per heavy atom. The van der Waals surface area contributed by atoms with Gasteiger partial charge in [0.2, 0.25) is 0 Å². The minimum Gasteiger partial charge on any atom is -0.344 e. The number of rotatable bonds is 6. The van der Waals surface area contributed by atoms with Gasteiger partial charge in [-0.25, -0.2) is 12.8 Å². The van der Waals surface area contributed by atoms with Gasteiger partial charge in [0.15, 0.2) is 0 Å². The van der Waals surface area contributed by atoms with E-state index in [-0.39, 0.29) is 22.2 Å². The highest BCUT2D eigenvalue weighted by atomic mass is 32.2. The fraction of sp³-hybridized carbons (Fsp3) is 0.100. The lowest BCUT2D eigenvalue weighted by Crippen LogP contribution is -2.27. The van der Waals surface area contributed by atoms with Gasteiger partial charge in [-0.2, -0.15) is 0 Å². The van der Waals surface area contributed by atoms with Crippen LogP contribution in [0, 0.1) is 5.82 Å². The number of aromatic nitrogens is 1. The minimum absolute atomic E-state index is 0.145. The zero-order valence-corrected chi connectivity index (χ0v) is 15.8. The first kappa shape index (κ1) is 19.5. The number of nitrogens with one attached hydrogen (secondary N) is 2. The third kappa shape index (κ3) is 4.52. The first-order valence-electron chi connectivity index (χ1n) is 8.46. The summed E-state index contributed by atoms with van der Waals surface area (Å²) >= 11 is 0. The van der Waals surface area contributed by atoms with Crippen LogP contribution in [-0.2, 0) is 10.0 Å². The van der Waals surface area contributed by atoms with Gasteiger partial charge in [-0.15, -0.1) is 0 Å². The number of hydrogen-bond donors (Lipinski definition) is 2. The average Bonchev–Trinajstić information content (AvgIpc) is 2.70. The molecule has 0 fully saturated rings. The Kier molecular flexibility index (Phi) is 5.70. The standard InChI is InChI=1S/C20H18FN3O3S/c1-14(18-10-4-5-12-22-18)23-20(25)15-7-6-8-16(13-15)28(26,27)24-19-11-3-2-9-17(19)21/h2-14,24H,1H3,(H,23,25)/t14-/m0/s1. The van der Waals surface area contributed by atoms with Crippen LogP contribution >= 0.6 is 0 Å². The number of nitrogens with zero attached hydrogens (tertiary/aromatic N) is 1. The summed E-state index contributed by atoms with van der Waals surface area (Å²) in [6, 6.07) is 16.0. The molecule has 0 aliphatic heterocycles. The van der Waals surface area contributed by atoms with Gasteiger partial charge in [0.1, 0.15) is 5.82 Å². The highest BCUT2D eigenvalue weighted by molar-refractivity contribution is 7.92. The Morgan fingerprint density at radius 3 is 2.50 bits per heavy atom. The summed E-state index contributed by atoms with van der Waals surface area (Å²) in [6.45, 7) is 1.78. The van der Waals surface area contributed by atoms with E-state index in [0.29, 0.717) is 5.69 Å². The van der Waals surface area contributed by atoms with Gasteiger partial charge in [-0.05, 0) is 49.4 Å². The maximum absolute atomic E-state index is 13.8. The molecule has 0 aliphatic rings. The zero-order chi connectivity index (χ0) is 20.1. The molecule has 0 saturated heterocycles. The Bertz CT molecular complexity index is 1090. The largest absolute Gasteiger partial charge is 0.344 e. The van der Waals surface area contributed by atoms with E-state index in [1.807, 2.05) is 6.07 Å². The molecule has 28 heavy (non-hydrogen) atoms. The fourth-order valence-electron chi connectivity index (χ4n) is 2.54. The molecular formula is C20H18FN3O3S. The van der Waals surface area contributed by atoms with Crippen molar-refractivity contribution in [1.82, 2.24) is 10.3 Å². The summed E-state index contributed by atoms with van der Waals surface area (Å²) in [4.78, 5) is 16.5. The summed E-state index contributed by atoms with van der Waals surface area (Å²) in [7, 11) is -4.05. The van der Waals surface area contributed by atoms with Crippen LogP contribution in [0.1, 0.15) is 29.0 Å². The van der Waals surface area contributed by atoms with Gasteiger partial charge in [-0.1, -0.05) is 24.3 Å². The zero-order valence-electron chi connectivity index (χ0n) is 15.0. The monoisotopic (exact) mass is 399 g/mol. The lowest BCUT2D eigenvalue weighted by molar-refractivity contribution is 0.0939. The lowest BCUT2D eigenvalue weighted by atomic mass is 10.1. The molecule has 3 rings (SSSR count). The topological polar surface area (TPSA) is 88.2 Å². The first-order valence-corrected chi connectivity index (χ1v) is 9.94. The van der Waals surface area contributed by atoms with E-state index in [1.54, 1.807) is 25.3 Å². The van der Waals surface area contributed by atoms with Crippen LogP contribution < -0.4 is 10.0 Å². The van der Waals surface area contributed by atoms with E-state index in [9.17, 15) is 17.6 Å². The van der Waals surface area contributed by atoms with Crippen molar-refractivity contribution in [2.24, 2.45) is 0 Å². The number of halogens is 1. The predicted molar refractivity (Wildman–Crippen MR) is 104 cm³/mol. The molecule has 1 amide bonds. The maximum atomic E-state index is 13.8. The lowest BCUT2D eigenvalue weighted by Gasteiger charge is -2.14. The number of benzene rings is 2. The number of amides is 1. The van der Waals surface area contributed by atoms with E-state index < -0.39 is 21.7 Å². The van der Waals surface area contributed by atoms with Crippen molar-refractivity contribution in [1.29, 1.82) is 0 Å². The average molecular weight is 399 g/mol. The molecule has 1 atom stereocenters.